The molecule has 6 rings (SSSR count). The van der Waals surface area contributed by atoms with Crippen LogP contribution in [0.25, 0.3) is 44.6 Å². The van der Waals surface area contributed by atoms with E-state index >= 15 is 0 Å². The first-order valence-corrected chi connectivity index (χ1v) is 11.4. The molecule has 2 N–H and O–H groups in total. The maximum atomic E-state index is 14.3. The van der Waals surface area contributed by atoms with Crippen molar-refractivity contribution >= 4 is 28.1 Å². The molecule has 0 aliphatic heterocycles. The summed E-state index contributed by atoms with van der Waals surface area (Å²) < 4.78 is 17.8. The minimum Gasteiger partial charge on any atom is -0.366 e. The molecule has 0 fully saturated rings. The van der Waals surface area contributed by atoms with Crippen LogP contribution in [0.2, 0.25) is 0 Å². The van der Waals surface area contributed by atoms with Gasteiger partial charge in [0.25, 0.3) is 5.91 Å². The summed E-state index contributed by atoms with van der Waals surface area (Å²) in [5.41, 5.74) is 10.5. The van der Waals surface area contributed by atoms with Crippen molar-refractivity contribution in [3.8, 4) is 22.4 Å². The van der Waals surface area contributed by atoms with Gasteiger partial charge in [0.05, 0.1) is 35.2 Å². The molecular formula is C26H20FN9O. The molecule has 1 amide bonds. The lowest BCUT2D eigenvalue weighted by atomic mass is 10.0. The van der Waals surface area contributed by atoms with E-state index in [0.29, 0.717) is 22.6 Å². The maximum absolute atomic E-state index is 14.3. The molecule has 1 unspecified atom stereocenters. The van der Waals surface area contributed by atoms with Gasteiger partial charge in [0.15, 0.2) is 5.65 Å². The van der Waals surface area contributed by atoms with Gasteiger partial charge in [0, 0.05) is 41.5 Å². The molecular weight excluding hydrogens is 473 g/mol. The van der Waals surface area contributed by atoms with E-state index in [4.69, 9.17) is 5.73 Å². The molecule has 0 radical (unpaired) electrons. The van der Waals surface area contributed by atoms with Crippen LogP contribution in [0.15, 0.2) is 67.3 Å². The molecule has 10 nitrogen and oxygen atoms in total. The van der Waals surface area contributed by atoms with E-state index in [9.17, 15) is 9.18 Å². The number of aryl methyl sites for hydroxylation is 1. The molecule has 2 aromatic carbocycles. The van der Waals surface area contributed by atoms with Gasteiger partial charge in [0.1, 0.15) is 5.82 Å². The number of fused-ring (bicyclic) bond motifs is 2. The fourth-order valence-electron chi connectivity index (χ4n) is 4.28. The molecule has 11 heteroatoms. The zero-order valence-electron chi connectivity index (χ0n) is 19.9. The van der Waals surface area contributed by atoms with E-state index in [2.05, 4.69) is 42.5 Å². The van der Waals surface area contributed by atoms with E-state index in [0.717, 1.165) is 27.6 Å². The third kappa shape index (κ3) is 3.96. The highest BCUT2D eigenvalue weighted by Crippen LogP contribution is 2.28. The van der Waals surface area contributed by atoms with Gasteiger partial charge < -0.3 is 5.73 Å². The summed E-state index contributed by atoms with van der Waals surface area (Å²) in [6.45, 7) is 1.99. The molecule has 6 aromatic rings. The lowest BCUT2D eigenvalue weighted by Crippen LogP contribution is -2.13. The Balaban J connectivity index is 1.38. The molecule has 4 heterocycles. The summed E-state index contributed by atoms with van der Waals surface area (Å²) in [5.74, 6) is -1.55. The molecule has 0 bridgehead atoms. The van der Waals surface area contributed by atoms with Gasteiger partial charge in [-0.2, -0.15) is 5.10 Å². The number of primary amides is 1. The summed E-state index contributed by atoms with van der Waals surface area (Å²) in [6, 6.07) is 12.0. The van der Waals surface area contributed by atoms with Gasteiger partial charge in [-0.3, -0.25) is 14.5 Å². The van der Waals surface area contributed by atoms with Crippen LogP contribution in [0, 0.1) is 5.82 Å². The normalized spacial score (nSPS) is 12.3. The molecule has 182 valence electrons. The molecule has 0 saturated heterocycles. The number of halogens is 1. The van der Waals surface area contributed by atoms with Gasteiger partial charge in [-0.15, -0.1) is 5.10 Å². The highest BCUT2D eigenvalue weighted by molar-refractivity contribution is 5.93. The van der Waals surface area contributed by atoms with Gasteiger partial charge in [-0.1, -0.05) is 17.3 Å². The Labute approximate surface area is 209 Å². The lowest BCUT2D eigenvalue weighted by molar-refractivity contribution is 0.0996. The number of amides is 1. The topological polar surface area (TPSA) is 130 Å². The fraction of sp³-hybridized carbons (Fsp3) is 0.115. The first-order chi connectivity index (χ1) is 17.9. The third-order valence-corrected chi connectivity index (χ3v) is 6.31. The summed E-state index contributed by atoms with van der Waals surface area (Å²) >= 11 is 0. The van der Waals surface area contributed by atoms with Crippen LogP contribution in [0.5, 0.6) is 0 Å². The highest BCUT2D eigenvalue weighted by atomic mass is 19.1. The number of benzene rings is 2. The fourth-order valence-corrected chi connectivity index (χ4v) is 4.28. The van der Waals surface area contributed by atoms with Crippen LogP contribution in [0.3, 0.4) is 0 Å². The Hall–Kier alpha value is -5.06. The quantitative estimate of drug-likeness (QED) is 0.388. The molecule has 0 aliphatic rings. The van der Waals surface area contributed by atoms with Crippen molar-refractivity contribution in [3.05, 3.63) is 84.2 Å². The minimum atomic E-state index is -0.833. The SMILES string of the molecule is CC(c1ccc2ncc(-c3cnn(C)c3)cc2c1)n1nnc2ncc(-c3ccc(C(N)=O)c(F)c3)nc21. The lowest BCUT2D eigenvalue weighted by Gasteiger charge is -2.14. The van der Waals surface area contributed by atoms with Crippen molar-refractivity contribution < 1.29 is 9.18 Å². The van der Waals surface area contributed by atoms with Crippen molar-refractivity contribution in [3.63, 3.8) is 0 Å². The summed E-state index contributed by atoms with van der Waals surface area (Å²) in [6.07, 6.45) is 7.08. The van der Waals surface area contributed by atoms with Gasteiger partial charge in [-0.05, 0) is 42.8 Å². The molecule has 4 aromatic heterocycles. The van der Waals surface area contributed by atoms with E-state index in [1.165, 1.54) is 18.3 Å². The zero-order valence-corrected chi connectivity index (χ0v) is 19.9. The van der Waals surface area contributed by atoms with Crippen LogP contribution >= 0.6 is 0 Å². The van der Waals surface area contributed by atoms with Crippen molar-refractivity contribution in [2.75, 3.05) is 0 Å². The van der Waals surface area contributed by atoms with Crippen LogP contribution < -0.4 is 5.73 Å². The number of rotatable bonds is 5. The smallest absolute Gasteiger partial charge is 0.251 e. The Morgan fingerprint density at radius 3 is 2.62 bits per heavy atom. The number of carbonyl (C=O) groups excluding carboxylic acids is 1. The van der Waals surface area contributed by atoms with E-state index < -0.39 is 11.7 Å². The average Bonchev–Trinajstić information content (AvgIpc) is 3.53. The van der Waals surface area contributed by atoms with Gasteiger partial charge in [0.2, 0.25) is 5.65 Å². The molecule has 0 aliphatic carbocycles. The van der Waals surface area contributed by atoms with Crippen molar-refractivity contribution in [1.82, 2.24) is 39.7 Å². The minimum absolute atomic E-state index is 0.185. The third-order valence-electron chi connectivity index (χ3n) is 6.31. The molecule has 0 saturated carbocycles. The van der Waals surface area contributed by atoms with Gasteiger partial charge in [-0.25, -0.2) is 19.0 Å². The number of nitrogens with zero attached hydrogens (tertiary/aromatic N) is 8. The number of hydrogen-bond donors (Lipinski definition) is 1. The second kappa shape index (κ2) is 8.55. The maximum Gasteiger partial charge on any atom is 0.251 e. The standard InChI is InChI=1S/C26H20FN9O/c1-14(15-4-6-22-17(7-15)8-18(10-29-22)19-11-31-35(2)13-19)36-26-25(33-34-36)30-12-23(32-26)16-3-5-20(24(28)37)21(27)9-16/h3-14H,1-2H3,(H2,28,37). The van der Waals surface area contributed by atoms with Crippen LogP contribution in [-0.2, 0) is 7.05 Å². The van der Waals surface area contributed by atoms with Crippen LogP contribution in [0.1, 0.15) is 28.9 Å². The second-order valence-electron chi connectivity index (χ2n) is 8.75. The van der Waals surface area contributed by atoms with E-state index in [1.54, 1.807) is 21.6 Å². The monoisotopic (exact) mass is 493 g/mol. The van der Waals surface area contributed by atoms with Gasteiger partial charge >= 0.3 is 0 Å². The Bertz CT molecular complexity index is 1820. The second-order valence-corrected chi connectivity index (χ2v) is 8.75. The number of carbonyl (C=O) groups is 1. The number of aromatic nitrogens is 8. The Morgan fingerprint density at radius 2 is 1.86 bits per heavy atom. The zero-order chi connectivity index (χ0) is 25.7. The Kier molecular flexibility index (Phi) is 5.18. The summed E-state index contributed by atoms with van der Waals surface area (Å²) in [5, 5.41) is 13.7. The predicted octanol–water partition coefficient (Wildman–Crippen LogP) is 3.68. The van der Waals surface area contributed by atoms with Crippen molar-refractivity contribution in [1.29, 1.82) is 0 Å². The molecule has 0 spiro atoms. The summed E-state index contributed by atoms with van der Waals surface area (Å²) in [4.78, 5) is 25.0. The number of pyridine rings is 1. The van der Waals surface area contributed by atoms with Crippen LogP contribution in [0.4, 0.5) is 4.39 Å². The first-order valence-electron chi connectivity index (χ1n) is 11.4. The number of nitrogens with two attached hydrogens (primary N) is 1. The van der Waals surface area contributed by atoms with Crippen molar-refractivity contribution in [2.24, 2.45) is 12.8 Å². The summed E-state index contributed by atoms with van der Waals surface area (Å²) in [7, 11) is 1.88. The average molecular weight is 494 g/mol. The predicted molar refractivity (Wildman–Crippen MR) is 135 cm³/mol. The van der Waals surface area contributed by atoms with E-state index in [-0.39, 0.29) is 11.6 Å². The van der Waals surface area contributed by atoms with Crippen molar-refractivity contribution in [2.45, 2.75) is 13.0 Å². The first kappa shape index (κ1) is 22.4. The number of hydrogen-bond acceptors (Lipinski definition) is 7. The Morgan fingerprint density at radius 1 is 1.00 bits per heavy atom. The van der Waals surface area contributed by atoms with Crippen LogP contribution in [-0.4, -0.2) is 45.6 Å². The van der Waals surface area contributed by atoms with E-state index in [1.807, 2.05) is 38.5 Å². The highest BCUT2D eigenvalue weighted by Gasteiger charge is 2.18. The molecule has 1 atom stereocenters. The molecule has 37 heavy (non-hydrogen) atoms. The largest absolute Gasteiger partial charge is 0.366 e.